The molecule has 2 aromatic rings. The molecule has 0 saturated heterocycles. The zero-order valence-electron chi connectivity index (χ0n) is 11.2. The van der Waals surface area contributed by atoms with Gasteiger partial charge in [-0.3, -0.25) is 0 Å². The Morgan fingerprint density at radius 2 is 1.89 bits per heavy atom. The molecule has 0 aliphatic carbocycles. The molecular formula is C16H17ClO2. The van der Waals surface area contributed by atoms with Gasteiger partial charge in [-0.1, -0.05) is 18.2 Å². The van der Waals surface area contributed by atoms with Gasteiger partial charge in [-0.2, -0.15) is 0 Å². The molecule has 0 saturated carbocycles. The van der Waals surface area contributed by atoms with Gasteiger partial charge in [0.25, 0.3) is 0 Å². The number of hydrogen-bond acceptors (Lipinski definition) is 2. The molecule has 0 aromatic heterocycles. The van der Waals surface area contributed by atoms with Crippen molar-refractivity contribution in [2.75, 3.05) is 19.6 Å². The van der Waals surface area contributed by atoms with Crippen molar-refractivity contribution >= 4 is 11.6 Å². The fraction of sp³-hybridized carbons (Fsp3) is 0.250. The highest BCUT2D eigenvalue weighted by molar-refractivity contribution is 6.18. The van der Waals surface area contributed by atoms with E-state index in [4.69, 9.17) is 21.1 Å². The molecule has 2 rings (SSSR count). The summed E-state index contributed by atoms with van der Waals surface area (Å²) in [5, 5.41) is 0. The lowest BCUT2D eigenvalue weighted by atomic mass is 10.0. The van der Waals surface area contributed by atoms with E-state index >= 15 is 0 Å². The van der Waals surface area contributed by atoms with Crippen LogP contribution in [0, 0.1) is 6.92 Å². The quantitative estimate of drug-likeness (QED) is 0.759. The molecule has 0 atom stereocenters. The number of benzene rings is 2. The third kappa shape index (κ3) is 3.42. The summed E-state index contributed by atoms with van der Waals surface area (Å²) in [6, 6.07) is 14.1. The van der Waals surface area contributed by atoms with Crippen LogP contribution in [0.3, 0.4) is 0 Å². The number of halogens is 1. The maximum absolute atomic E-state index is 5.63. The molecule has 2 aromatic carbocycles. The van der Waals surface area contributed by atoms with Crippen LogP contribution in [-0.2, 0) is 0 Å². The van der Waals surface area contributed by atoms with Crippen molar-refractivity contribution in [1.29, 1.82) is 0 Å². The van der Waals surface area contributed by atoms with Crippen LogP contribution >= 0.6 is 11.6 Å². The number of rotatable bonds is 5. The van der Waals surface area contributed by atoms with E-state index < -0.39 is 0 Å². The van der Waals surface area contributed by atoms with E-state index in [1.807, 2.05) is 30.3 Å². The number of hydrogen-bond donors (Lipinski definition) is 0. The van der Waals surface area contributed by atoms with E-state index in [1.54, 1.807) is 7.11 Å². The van der Waals surface area contributed by atoms with Crippen LogP contribution in [0.25, 0.3) is 11.1 Å². The summed E-state index contributed by atoms with van der Waals surface area (Å²) in [5.74, 6) is 2.20. The molecule has 3 heteroatoms. The number of alkyl halides is 1. The second-order valence-electron chi connectivity index (χ2n) is 4.25. The Labute approximate surface area is 118 Å². The second kappa shape index (κ2) is 6.48. The summed E-state index contributed by atoms with van der Waals surface area (Å²) in [6.07, 6.45) is 0. The van der Waals surface area contributed by atoms with Crippen molar-refractivity contribution in [2.45, 2.75) is 6.92 Å². The Hall–Kier alpha value is -1.67. The van der Waals surface area contributed by atoms with Crippen LogP contribution < -0.4 is 9.47 Å². The maximum atomic E-state index is 5.63. The summed E-state index contributed by atoms with van der Waals surface area (Å²) in [7, 11) is 1.68. The Bertz CT molecular complexity index is 552. The highest BCUT2D eigenvalue weighted by atomic mass is 35.5. The number of methoxy groups -OCH3 is 1. The molecule has 0 spiro atoms. The van der Waals surface area contributed by atoms with Crippen molar-refractivity contribution in [1.82, 2.24) is 0 Å². The SMILES string of the molecule is COc1ccc(-c2cccc(OCCCl)c2)c(C)c1. The molecule has 0 bridgehead atoms. The van der Waals surface area contributed by atoms with Crippen molar-refractivity contribution in [3.8, 4) is 22.6 Å². The molecule has 2 nitrogen and oxygen atoms in total. The topological polar surface area (TPSA) is 18.5 Å². The lowest BCUT2D eigenvalue weighted by molar-refractivity contribution is 0.343. The minimum atomic E-state index is 0.492. The van der Waals surface area contributed by atoms with Crippen LogP contribution in [0.5, 0.6) is 11.5 Å². The van der Waals surface area contributed by atoms with E-state index in [0.29, 0.717) is 12.5 Å². The van der Waals surface area contributed by atoms with Gasteiger partial charge >= 0.3 is 0 Å². The predicted octanol–water partition coefficient (Wildman–Crippen LogP) is 4.29. The van der Waals surface area contributed by atoms with E-state index in [-0.39, 0.29) is 0 Å². The van der Waals surface area contributed by atoms with Gasteiger partial charge in [-0.25, -0.2) is 0 Å². The minimum Gasteiger partial charge on any atom is -0.497 e. The largest absolute Gasteiger partial charge is 0.497 e. The van der Waals surface area contributed by atoms with Crippen LogP contribution in [0.2, 0.25) is 0 Å². The molecule has 0 N–H and O–H groups in total. The Morgan fingerprint density at radius 3 is 2.58 bits per heavy atom. The number of aryl methyl sites for hydroxylation is 1. The third-order valence-electron chi connectivity index (χ3n) is 2.92. The molecule has 0 aliphatic rings. The second-order valence-corrected chi connectivity index (χ2v) is 4.62. The van der Waals surface area contributed by atoms with Crippen molar-refractivity contribution in [2.24, 2.45) is 0 Å². The Morgan fingerprint density at radius 1 is 1.05 bits per heavy atom. The lowest BCUT2D eigenvalue weighted by Crippen LogP contribution is -1.97. The maximum Gasteiger partial charge on any atom is 0.119 e. The first-order chi connectivity index (χ1) is 9.24. The molecule has 0 fully saturated rings. The summed E-state index contributed by atoms with van der Waals surface area (Å²) in [5.41, 5.74) is 3.48. The molecule has 0 aliphatic heterocycles. The zero-order chi connectivity index (χ0) is 13.7. The molecule has 100 valence electrons. The summed E-state index contributed by atoms with van der Waals surface area (Å²) in [4.78, 5) is 0. The lowest BCUT2D eigenvalue weighted by Gasteiger charge is -2.10. The van der Waals surface area contributed by atoms with Gasteiger partial charge in [0.1, 0.15) is 18.1 Å². The van der Waals surface area contributed by atoms with Gasteiger partial charge in [-0.15, -0.1) is 11.6 Å². The average Bonchev–Trinajstić information content (AvgIpc) is 2.45. The Balaban J connectivity index is 2.30. The normalized spacial score (nSPS) is 10.3. The average molecular weight is 277 g/mol. The van der Waals surface area contributed by atoms with E-state index in [0.717, 1.165) is 17.1 Å². The summed E-state index contributed by atoms with van der Waals surface area (Å²) in [6.45, 7) is 2.59. The first-order valence-corrected chi connectivity index (χ1v) is 6.72. The van der Waals surface area contributed by atoms with Gasteiger partial charge in [0.2, 0.25) is 0 Å². The molecule has 0 radical (unpaired) electrons. The first-order valence-electron chi connectivity index (χ1n) is 6.18. The highest BCUT2D eigenvalue weighted by Crippen LogP contribution is 2.29. The van der Waals surface area contributed by atoms with E-state index in [9.17, 15) is 0 Å². The number of ether oxygens (including phenoxy) is 2. The van der Waals surface area contributed by atoms with Gasteiger partial charge < -0.3 is 9.47 Å². The predicted molar refractivity (Wildman–Crippen MR) is 79.4 cm³/mol. The zero-order valence-corrected chi connectivity index (χ0v) is 11.9. The smallest absolute Gasteiger partial charge is 0.119 e. The molecule has 0 unspecified atom stereocenters. The van der Waals surface area contributed by atoms with Gasteiger partial charge in [0.15, 0.2) is 0 Å². The molecule has 19 heavy (non-hydrogen) atoms. The van der Waals surface area contributed by atoms with Crippen molar-refractivity contribution in [3.05, 3.63) is 48.0 Å². The summed E-state index contributed by atoms with van der Waals surface area (Å²) >= 11 is 5.63. The van der Waals surface area contributed by atoms with E-state index in [1.165, 1.54) is 11.1 Å². The monoisotopic (exact) mass is 276 g/mol. The van der Waals surface area contributed by atoms with Crippen LogP contribution in [0.1, 0.15) is 5.56 Å². The van der Waals surface area contributed by atoms with Crippen LogP contribution in [-0.4, -0.2) is 19.6 Å². The van der Waals surface area contributed by atoms with Crippen molar-refractivity contribution in [3.63, 3.8) is 0 Å². The highest BCUT2D eigenvalue weighted by Gasteiger charge is 2.04. The molecular weight excluding hydrogens is 260 g/mol. The Kier molecular flexibility index (Phi) is 4.69. The fourth-order valence-electron chi connectivity index (χ4n) is 2.00. The molecule has 0 heterocycles. The fourth-order valence-corrected chi connectivity index (χ4v) is 2.07. The minimum absolute atomic E-state index is 0.492. The molecule has 0 amide bonds. The first kappa shape index (κ1) is 13.8. The van der Waals surface area contributed by atoms with Crippen molar-refractivity contribution < 1.29 is 9.47 Å². The van der Waals surface area contributed by atoms with E-state index in [2.05, 4.69) is 19.1 Å². The van der Waals surface area contributed by atoms with Gasteiger partial charge in [0, 0.05) is 0 Å². The summed E-state index contributed by atoms with van der Waals surface area (Å²) < 4.78 is 10.8. The van der Waals surface area contributed by atoms with Crippen LogP contribution in [0.15, 0.2) is 42.5 Å². The van der Waals surface area contributed by atoms with Crippen LogP contribution in [0.4, 0.5) is 0 Å². The third-order valence-corrected chi connectivity index (χ3v) is 3.08. The van der Waals surface area contributed by atoms with Gasteiger partial charge in [-0.05, 0) is 47.9 Å². The standard InChI is InChI=1S/C16H17ClO2/c1-12-10-14(18-2)6-7-16(12)13-4-3-5-15(11-13)19-9-8-17/h3-7,10-11H,8-9H2,1-2H3. The van der Waals surface area contributed by atoms with Gasteiger partial charge in [0.05, 0.1) is 13.0 Å².